The maximum Gasteiger partial charge on any atom is 0.124 e. The van der Waals surface area contributed by atoms with Crippen molar-refractivity contribution >= 4 is 37.5 Å². The number of nitrogens with zero attached hydrogens (tertiary/aromatic N) is 1. The van der Waals surface area contributed by atoms with E-state index in [0.717, 1.165) is 15.0 Å². The molecular weight excluding hydrogens is 306 g/mol. The SMILES string of the molecule is Cc1cc(C)cc(-c2nc3ccc(Br)cc3s2)c1. The van der Waals surface area contributed by atoms with Gasteiger partial charge in [0.2, 0.25) is 0 Å². The molecular formula is C15H12BrNS. The van der Waals surface area contributed by atoms with E-state index < -0.39 is 0 Å². The van der Waals surface area contributed by atoms with Crippen molar-refractivity contribution in [2.24, 2.45) is 0 Å². The number of hydrogen-bond donors (Lipinski definition) is 0. The fourth-order valence-corrected chi connectivity index (χ4v) is 3.62. The molecule has 1 nitrogen and oxygen atoms in total. The van der Waals surface area contributed by atoms with E-state index in [1.54, 1.807) is 11.3 Å². The first-order chi connectivity index (χ1) is 8.61. The summed E-state index contributed by atoms with van der Waals surface area (Å²) >= 11 is 5.24. The van der Waals surface area contributed by atoms with Gasteiger partial charge < -0.3 is 0 Å². The number of halogens is 1. The minimum Gasteiger partial charge on any atom is -0.236 e. The van der Waals surface area contributed by atoms with Gasteiger partial charge in [0.25, 0.3) is 0 Å². The molecule has 0 bridgehead atoms. The van der Waals surface area contributed by atoms with E-state index in [2.05, 4.69) is 60.1 Å². The Morgan fingerprint density at radius 1 is 1.00 bits per heavy atom. The summed E-state index contributed by atoms with van der Waals surface area (Å²) in [5.41, 5.74) is 4.85. The number of aromatic nitrogens is 1. The molecule has 0 N–H and O–H groups in total. The Morgan fingerprint density at radius 3 is 2.44 bits per heavy atom. The summed E-state index contributed by atoms with van der Waals surface area (Å²) in [6, 6.07) is 12.8. The van der Waals surface area contributed by atoms with E-state index >= 15 is 0 Å². The molecule has 0 radical (unpaired) electrons. The highest BCUT2D eigenvalue weighted by atomic mass is 79.9. The Balaban J connectivity index is 2.19. The molecule has 90 valence electrons. The van der Waals surface area contributed by atoms with Crippen molar-refractivity contribution in [3.8, 4) is 10.6 Å². The highest BCUT2D eigenvalue weighted by molar-refractivity contribution is 9.10. The third-order valence-corrected chi connectivity index (χ3v) is 4.38. The average molecular weight is 318 g/mol. The lowest BCUT2D eigenvalue weighted by molar-refractivity contribution is 1.37. The molecule has 1 aromatic heterocycles. The van der Waals surface area contributed by atoms with Gasteiger partial charge in [0.15, 0.2) is 0 Å². The van der Waals surface area contributed by atoms with Gasteiger partial charge in [0.1, 0.15) is 5.01 Å². The van der Waals surface area contributed by atoms with Gasteiger partial charge in [-0.3, -0.25) is 0 Å². The zero-order valence-corrected chi connectivity index (χ0v) is 12.6. The molecule has 0 amide bonds. The minimum absolute atomic E-state index is 1.07. The highest BCUT2D eigenvalue weighted by Gasteiger charge is 2.07. The Labute approximate surface area is 119 Å². The van der Waals surface area contributed by atoms with Gasteiger partial charge in [-0.25, -0.2) is 4.98 Å². The third kappa shape index (κ3) is 2.20. The van der Waals surface area contributed by atoms with Crippen molar-refractivity contribution in [2.75, 3.05) is 0 Å². The summed E-state index contributed by atoms with van der Waals surface area (Å²) in [4.78, 5) is 4.70. The molecule has 1 heterocycles. The second-order valence-corrected chi connectivity index (χ2v) is 6.45. The fraction of sp³-hybridized carbons (Fsp3) is 0.133. The van der Waals surface area contributed by atoms with Crippen LogP contribution in [-0.2, 0) is 0 Å². The number of rotatable bonds is 1. The van der Waals surface area contributed by atoms with Crippen LogP contribution in [0, 0.1) is 13.8 Å². The Bertz CT molecular complexity index is 710. The summed E-state index contributed by atoms with van der Waals surface area (Å²) in [5.74, 6) is 0. The van der Waals surface area contributed by atoms with Crippen molar-refractivity contribution in [3.63, 3.8) is 0 Å². The first-order valence-electron chi connectivity index (χ1n) is 5.76. The van der Waals surface area contributed by atoms with Crippen LogP contribution < -0.4 is 0 Å². The zero-order valence-electron chi connectivity index (χ0n) is 10.2. The van der Waals surface area contributed by atoms with E-state index in [4.69, 9.17) is 4.98 Å². The molecule has 2 aromatic carbocycles. The van der Waals surface area contributed by atoms with Crippen molar-refractivity contribution in [1.82, 2.24) is 4.98 Å². The van der Waals surface area contributed by atoms with Crippen LogP contribution in [0.4, 0.5) is 0 Å². The molecule has 0 spiro atoms. The largest absolute Gasteiger partial charge is 0.236 e. The number of thiazole rings is 1. The van der Waals surface area contributed by atoms with Gasteiger partial charge in [-0.15, -0.1) is 11.3 Å². The van der Waals surface area contributed by atoms with Crippen LogP contribution in [0.25, 0.3) is 20.8 Å². The van der Waals surface area contributed by atoms with Crippen LogP contribution in [0.3, 0.4) is 0 Å². The molecule has 0 saturated carbocycles. The van der Waals surface area contributed by atoms with E-state index in [1.807, 2.05) is 6.07 Å². The van der Waals surface area contributed by atoms with Crippen LogP contribution >= 0.6 is 27.3 Å². The number of hydrogen-bond acceptors (Lipinski definition) is 2. The molecule has 0 aliphatic carbocycles. The Morgan fingerprint density at radius 2 is 1.72 bits per heavy atom. The van der Waals surface area contributed by atoms with E-state index in [0.29, 0.717) is 0 Å². The van der Waals surface area contributed by atoms with Crippen LogP contribution in [0.1, 0.15) is 11.1 Å². The van der Waals surface area contributed by atoms with Crippen molar-refractivity contribution < 1.29 is 0 Å². The van der Waals surface area contributed by atoms with Crippen LogP contribution in [0.5, 0.6) is 0 Å². The van der Waals surface area contributed by atoms with Gasteiger partial charge >= 0.3 is 0 Å². The smallest absolute Gasteiger partial charge is 0.124 e. The first-order valence-corrected chi connectivity index (χ1v) is 7.37. The van der Waals surface area contributed by atoms with Gasteiger partial charge in [-0.2, -0.15) is 0 Å². The molecule has 0 fully saturated rings. The second-order valence-electron chi connectivity index (χ2n) is 4.51. The molecule has 18 heavy (non-hydrogen) atoms. The van der Waals surface area contributed by atoms with Crippen LogP contribution in [0.2, 0.25) is 0 Å². The van der Waals surface area contributed by atoms with Crippen LogP contribution in [-0.4, -0.2) is 4.98 Å². The predicted octanol–water partition coefficient (Wildman–Crippen LogP) is 5.34. The normalized spacial score (nSPS) is 11.1. The molecule has 3 heteroatoms. The standard InChI is InChI=1S/C15H12BrNS/c1-9-5-10(2)7-11(6-9)15-17-13-4-3-12(16)8-14(13)18-15/h3-8H,1-2H3. The maximum absolute atomic E-state index is 4.70. The monoisotopic (exact) mass is 317 g/mol. The van der Waals surface area contributed by atoms with E-state index in [1.165, 1.54) is 21.4 Å². The highest BCUT2D eigenvalue weighted by Crippen LogP contribution is 2.32. The lowest BCUT2D eigenvalue weighted by Crippen LogP contribution is -1.81. The molecule has 3 rings (SSSR count). The summed E-state index contributed by atoms with van der Waals surface area (Å²) in [6.45, 7) is 4.25. The minimum atomic E-state index is 1.07. The van der Waals surface area contributed by atoms with Crippen molar-refractivity contribution in [1.29, 1.82) is 0 Å². The van der Waals surface area contributed by atoms with E-state index in [9.17, 15) is 0 Å². The summed E-state index contributed by atoms with van der Waals surface area (Å²) in [5, 5.41) is 1.09. The zero-order chi connectivity index (χ0) is 12.7. The average Bonchev–Trinajstić information content (AvgIpc) is 2.70. The molecule has 0 saturated heterocycles. The quantitative estimate of drug-likeness (QED) is 0.590. The van der Waals surface area contributed by atoms with Gasteiger partial charge in [-0.05, 0) is 44.2 Å². The molecule has 3 aromatic rings. The second kappa shape index (κ2) is 4.48. The topological polar surface area (TPSA) is 12.9 Å². The van der Waals surface area contributed by atoms with Gasteiger partial charge in [0, 0.05) is 10.0 Å². The Kier molecular flexibility index (Phi) is 2.96. The first kappa shape index (κ1) is 11.9. The van der Waals surface area contributed by atoms with E-state index in [-0.39, 0.29) is 0 Å². The third-order valence-electron chi connectivity index (χ3n) is 2.82. The van der Waals surface area contributed by atoms with Crippen LogP contribution in [0.15, 0.2) is 40.9 Å². The van der Waals surface area contributed by atoms with Gasteiger partial charge in [0.05, 0.1) is 10.2 Å². The predicted molar refractivity (Wildman–Crippen MR) is 82.2 cm³/mol. The number of fused-ring (bicyclic) bond motifs is 1. The number of benzene rings is 2. The molecule has 0 aliphatic heterocycles. The van der Waals surface area contributed by atoms with Crippen molar-refractivity contribution in [3.05, 3.63) is 52.0 Å². The molecule has 0 unspecified atom stereocenters. The maximum atomic E-state index is 4.70. The fourth-order valence-electron chi connectivity index (χ4n) is 2.12. The lowest BCUT2D eigenvalue weighted by Gasteiger charge is -2.00. The molecule has 0 atom stereocenters. The molecule has 0 aliphatic rings. The summed E-state index contributed by atoms with van der Waals surface area (Å²) in [6.07, 6.45) is 0. The lowest BCUT2D eigenvalue weighted by atomic mass is 10.1. The number of aryl methyl sites for hydroxylation is 2. The summed E-state index contributed by atoms with van der Waals surface area (Å²) < 4.78 is 2.32. The van der Waals surface area contributed by atoms with Gasteiger partial charge in [-0.1, -0.05) is 33.1 Å². The van der Waals surface area contributed by atoms with Crippen molar-refractivity contribution in [2.45, 2.75) is 13.8 Å². The summed E-state index contributed by atoms with van der Waals surface area (Å²) in [7, 11) is 0. The Hall–Kier alpha value is -1.19.